The molecule has 1 aliphatic heterocycles. The lowest BCUT2D eigenvalue weighted by atomic mass is 9.95. The van der Waals surface area contributed by atoms with Gasteiger partial charge in [-0.05, 0) is 30.2 Å². The summed E-state index contributed by atoms with van der Waals surface area (Å²) in [4.78, 5) is 50.7. The molecule has 0 aromatic heterocycles. The van der Waals surface area contributed by atoms with E-state index >= 15 is 0 Å². The van der Waals surface area contributed by atoms with Crippen LogP contribution in [0.3, 0.4) is 0 Å². The Morgan fingerprint density at radius 3 is 2.39 bits per heavy atom. The molecule has 1 fully saturated rings. The zero-order valence-electron chi connectivity index (χ0n) is 19.3. The van der Waals surface area contributed by atoms with Gasteiger partial charge in [-0.1, -0.05) is 55.5 Å². The number of ether oxygens (including phenoxy) is 1. The topological polar surface area (TPSA) is 127 Å². The molecule has 0 radical (unpaired) electrons. The minimum atomic E-state index is -1.03. The Morgan fingerprint density at radius 2 is 1.69 bits per heavy atom. The molecule has 1 unspecified atom stereocenters. The standard InChI is InChI=1S/C27H22N2O7/c1-2-14-36-27(33)19-11-7-12-20(16-19)28-23(17-8-4-3-5-9-17)22(25(31)26(28)32)24(30)18-10-6-13-21(15-18)29(34)35/h3-13,15-16,23,30H,2,14H2,1H3/b24-22-. The summed E-state index contributed by atoms with van der Waals surface area (Å²) in [6.07, 6.45) is 0.645. The van der Waals surface area contributed by atoms with Gasteiger partial charge in [0.15, 0.2) is 0 Å². The number of non-ortho nitro benzene ring substituents is 1. The van der Waals surface area contributed by atoms with E-state index in [1.165, 1.54) is 29.2 Å². The fourth-order valence-corrected chi connectivity index (χ4v) is 4.03. The van der Waals surface area contributed by atoms with Crippen molar-refractivity contribution in [3.63, 3.8) is 0 Å². The quantitative estimate of drug-likeness (QED) is 0.127. The third kappa shape index (κ3) is 4.58. The number of anilines is 1. The summed E-state index contributed by atoms with van der Waals surface area (Å²) in [5.74, 6) is -2.96. The first kappa shape index (κ1) is 24.3. The van der Waals surface area contributed by atoms with E-state index in [2.05, 4.69) is 0 Å². The van der Waals surface area contributed by atoms with Crippen LogP contribution in [0.1, 0.15) is 40.9 Å². The first-order valence-electron chi connectivity index (χ1n) is 11.2. The van der Waals surface area contributed by atoms with Crippen molar-refractivity contribution in [3.8, 4) is 0 Å². The van der Waals surface area contributed by atoms with Crippen molar-refractivity contribution in [1.82, 2.24) is 0 Å². The monoisotopic (exact) mass is 486 g/mol. The van der Waals surface area contributed by atoms with E-state index in [-0.39, 0.29) is 34.7 Å². The van der Waals surface area contributed by atoms with Crippen molar-refractivity contribution in [2.24, 2.45) is 0 Å². The van der Waals surface area contributed by atoms with Crippen LogP contribution in [0, 0.1) is 10.1 Å². The molecule has 1 aliphatic rings. The normalized spacial score (nSPS) is 16.7. The number of rotatable bonds is 7. The molecule has 182 valence electrons. The van der Waals surface area contributed by atoms with E-state index in [1.54, 1.807) is 48.5 Å². The fourth-order valence-electron chi connectivity index (χ4n) is 4.03. The molecule has 1 heterocycles. The van der Waals surface area contributed by atoms with Crippen molar-refractivity contribution in [3.05, 3.63) is 111 Å². The van der Waals surface area contributed by atoms with Gasteiger partial charge in [-0.3, -0.25) is 24.6 Å². The van der Waals surface area contributed by atoms with Gasteiger partial charge in [0.2, 0.25) is 0 Å². The first-order chi connectivity index (χ1) is 17.3. The lowest BCUT2D eigenvalue weighted by molar-refractivity contribution is -0.384. The number of hydrogen-bond acceptors (Lipinski definition) is 7. The highest BCUT2D eigenvalue weighted by molar-refractivity contribution is 6.51. The van der Waals surface area contributed by atoms with Crippen LogP contribution < -0.4 is 4.90 Å². The molecular weight excluding hydrogens is 464 g/mol. The van der Waals surface area contributed by atoms with Crippen molar-refractivity contribution in [1.29, 1.82) is 0 Å². The Morgan fingerprint density at radius 1 is 1.00 bits per heavy atom. The van der Waals surface area contributed by atoms with Gasteiger partial charge in [0.25, 0.3) is 17.4 Å². The zero-order valence-corrected chi connectivity index (χ0v) is 19.3. The van der Waals surface area contributed by atoms with Crippen LogP contribution in [0.15, 0.2) is 84.4 Å². The Bertz CT molecular complexity index is 1380. The molecule has 9 nitrogen and oxygen atoms in total. The molecule has 4 rings (SSSR count). The number of nitro groups is 1. The SMILES string of the molecule is CCCOC(=O)c1cccc(N2C(=O)C(=O)/C(=C(\O)c3cccc([N+](=O)[O-])c3)C2c2ccccc2)c1. The summed E-state index contributed by atoms with van der Waals surface area (Å²) in [5.41, 5.74) is 0.527. The number of nitrogens with zero attached hydrogens (tertiary/aromatic N) is 2. The molecule has 3 aromatic rings. The Kier molecular flexibility index (Phi) is 6.91. The summed E-state index contributed by atoms with van der Waals surface area (Å²) >= 11 is 0. The number of benzene rings is 3. The Hall–Kier alpha value is -4.79. The lowest BCUT2D eigenvalue weighted by Gasteiger charge is -2.25. The van der Waals surface area contributed by atoms with Crippen molar-refractivity contribution >= 4 is 34.8 Å². The third-order valence-electron chi connectivity index (χ3n) is 5.69. The minimum Gasteiger partial charge on any atom is -0.507 e. The van der Waals surface area contributed by atoms with Gasteiger partial charge in [-0.25, -0.2) is 4.79 Å². The average molecular weight is 486 g/mol. The maximum Gasteiger partial charge on any atom is 0.338 e. The van der Waals surface area contributed by atoms with E-state index in [1.807, 2.05) is 6.92 Å². The molecule has 1 atom stereocenters. The maximum atomic E-state index is 13.3. The second-order valence-electron chi connectivity index (χ2n) is 8.07. The number of esters is 1. The van der Waals surface area contributed by atoms with Crippen LogP contribution in [0.5, 0.6) is 0 Å². The number of ketones is 1. The van der Waals surface area contributed by atoms with Gasteiger partial charge in [0.05, 0.1) is 28.7 Å². The summed E-state index contributed by atoms with van der Waals surface area (Å²) in [6.45, 7) is 2.10. The van der Waals surface area contributed by atoms with E-state index in [4.69, 9.17) is 4.74 Å². The number of nitro benzene ring substituents is 1. The predicted octanol–water partition coefficient (Wildman–Crippen LogP) is 4.79. The van der Waals surface area contributed by atoms with Gasteiger partial charge in [0, 0.05) is 23.4 Å². The summed E-state index contributed by atoms with van der Waals surface area (Å²) in [5, 5.41) is 22.4. The molecule has 1 N–H and O–H groups in total. The zero-order chi connectivity index (χ0) is 25.8. The van der Waals surface area contributed by atoms with E-state index in [9.17, 15) is 29.6 Å². The highest BCUT2D eigenvalue weighted by atomic mass is 16.6. The van der Waals surface area contributed by atoms with E-state index < -0.39 is 34.4 Å². The van der Waals surface area contributed by atoms with Gasteiger partial charge in [-0.2, -0.15) is 0 Å². The van der Waals surface area contributed by atoms with Gasteiger partial charge >= 0.3 is 5.97 Å². The molecule has 1 amide bonds. The van der Waals surface area contributed by atoms with Gasteiger partial charge in [0.1, 0.15) is 5.76 Å². The molecular formula is C27H22N2O7. The predicted molar refractivity (Wildman–Crippen MR) is 131 cm³/mol. The van der Waals surface area contributed by atoms with Gasteiger partial charge in [-0.15, -0.1) is 0 Å². The second-order valence-corrected chi connectivity index (χ2v) is 8.07. The number of hydrogen-bond donors (Lipinski definition) is 1. The molecule has 0 spiro atoms. The minimum absolute atomic E-state index is 0.0278. The molecule has 36 heavy (non-hydrogen) atoms. The fraction of sp³-hybridized carbons (Fsp3) is 0.148. The lowest BCUT2D eigenvalue weighted by Crippen LogP contribution is -2.29. The highest BCUT2D eigenvalue weighted by Crippen LogP contribution is 2.42. The van der Waals surface area contributed by atoms with Crippen LogP contribution in [-0.2, 0) is 14.3 Å². The van der Waals surface area contributed by atoms with Crippen LogP contribution in [-0.4, -0.2) is 34.3 Å². The van der Waals surface area contributed by atoms with Crippen molar-refractivity contribution < 1.29 is 29.2 Å². The first-order valence-corrected chi connectivity index (χ1v) is 11.2. The van der Waals surface area contributed by atoms with Crippen LogP contribution >= 0.6 is 0 Å². The number of amides is 1. The van der Waals surface area contributed by atoms with Crippen LogP contribution in [0.2, 0.25) is 0 Å². The molecule has 3 aromatic carbocycles. The number of carbonyl (C=O) groups excluding carboxylic acids is 3. The average Bonchev–Trinajstić information content (AvgIpc) is 3.17. The molecule has 0 bridgehead atoms. The third-order valence-corrected chi connectivity index (χ3v) is 5.69. The van der Waals surface area contributed by atoms with E-state index in [0.29, 0.717) is 12.0 Å². The summed E-state index contributed by atoms with van der Waals surface area (Å²) in [6, 6.07) is 18.9. The number of aliphatic hydroxyl groups is 1. The number of aliphatic hydroxyl groups excluding tert-OH is 1. The number of carbonyl (C=O) groups is 3. The van der Waals surface area contributed by atoms with Crippen LogP contribution in [0.25, 0.3) is 5.76 Å². The molecule has 0 aliphatic carbocycles. The van der Waals surface area contributed by atoms with Crippen LogP contribution in [0.4, 0.5) is 11.4 Å². The van der Waals surface area contributed by atoms with Crippen molar-refractivity contribution in [2.45, 2.75) is 19.4 Å². The molecule has 1 saturated heterocycles. The summed E-state index contributed by atoms with van der Waals surface area (Å²) in [7, 11) is 0. The second kappa shape index (κ2) is 10.2. The smallest absolute Gasteiger partial charge is 0.338 e. The number of Topliss-reactive ketones (excluding diaryl/α,β-unsaturated/α-hetero) is 1. The maximum absolute atomic E-state index is 13.3. The van der Waals surface area contributed by atoms with Gasteiger partial charge < -0.3 is 9.84 Å². The summed E-state index contributed by atoms with van der Waals surface area (Å²) < 4.78 is 5.19. The Labute approximate surface area is 206 Å². The largest absolute Gasteiger partial charge is 0.507 e. The van der Waals surface area contributed by atoms with Crippen molar-refractivity contribution in [2.75, 3.05) is 11.5 Å². The highest BCUT2D eigenvalue weighted by Gasteiger charge is 2.47. The molecule has 9 heteroatoms. The molecule has 0 saturated carbocycles. The Balaban J connectivity index is 1.87. The van der Waals surface area contributed by atoms with E-state index in [0.717, 1.165) is 6.07 Å².